The highest BCUT2D eigenvalue weighted by Crippen LogP contribution is 2.27. The molecule has 26 heavy (non-hydrogen) atoms. The van der Waals surface area contributed by atoms with Crippen molar-refractivity contribution in [2.24, 2.45) is 17.0 Å². The second-order valence-electron chi connectivity index (χ2n) is 7.35. The van der Waals surface area contributed by atoms with Crippen molar-refractivity contribution in [2.45, 2.75) is 38.5 Å². The Hall–Kier alpha value is -1.99. The molecule has 140 valence electrons. The molecule has 2 N–H and O–H groups in total. The average Bonchev–Trinajstić information content (AvgIpc) is 2.60. The third-order valence-corrected chi connectivity index (χ3v) is 5.89. The highest BCUT2D eigenvalue weighted by Gasteiger charge is 2.23. The van der Waals surface area contributed by atoms with Gasteiger partial charge in [-0.2, -0.15) is 0 Å². The highest BCUT2D eigenvalue weighted by atomic mass is 32.2. The quantitative estimate of drug-likeness (QED) is 0.889. The van der Waals surface area contributed by atoms with Gasteiger partial charge in [0, 0.05) is 18.7 Å². The monoisotopic (exact) mass is 374 g/mol. The lowest BCUT2D eigenvalue weighted by molar-refractivity contribution is 0.355. The van der Waals surface area contributed by atoms with Crippen molar-refractivity contribution in [1.82, 2.24) is 10.2 Å². The summed E-state index contributed by atoms with van der Waals surface area (Å²) in [5, 5.41) is 14.1. The lowest BCUT2D eigenvalue weighted by atomic mass is 9.92. The van der Waals surface area contributed by atoms with Crippen molar-refractivity contribution < 1.29 is 8.42 Å². The van der Waals surface area contributed by atoms with Crippen LogP contribution in [0, 0.1) is 11.8 Å². The van der Waals surface area contributed by atoms with Gasteiger partial charge in [-0.1, -0.05) is 32.9 Å². The highest BCUT2D eigenvalue weighted by molar-refractivity contribution is 7.89. The third kappa shape index (κ3) is 4.04. The Balaban J connectivity index is 1.89. The second kappa shape index (κ2) is 7.32. The molecule has 1 aliphatic heterocycles. The maximum Gasteiger partial charge on any atom is 0.238 e. The van der Waals surface area contributed by atoms with Crippen molar-refractivity contribution in [3.63, 3.8) is 0 Å². The van der Waals surface area contributed by atoms with Gasteiger partial charge in [-0.3, -0.25) is 0 Å². The van der Waals surface area contributed by atoms with Crippen LogP contribution in [-0.4, -0.2) is 31.7 Å². The second-order valence-corrected chi connectivity index (χ2v) is 8.88. The molecule has 2 atom stereocenters. The van der Waals surface area contributed by atoms with Crippen LogP contribution >= 0.6 is 0 Å². The molecular formula is C19H26N4O2S. The molecule has 1 aromatic heterocycles. The van der Waals surface area contributed by atoms with Gasteiger partial charge in [0.1, 0.15) is 0 Å². The summed E-state index contributed by atoms with van der Waals surface area (Å²) in [7, 11) is -3.77. The number of aromatic nitrogens is 2. The van der Waals surface area contributed by atoms with E-state index >= 15 is 0 Å². The summed E-state index contributed by atoms with van der Waals surface area (Å²) in [5.41, 5.74) is 2.04. The van der Waals surface area contributed by atoms with E-state index in [-0.39, 0.29) is 4.90 Å². The molecule has 6 nitrogen and oxygen atoms in total. The molecule has 7 heteroatoms. The normalized spacial score (nSPS) is 21.0. The van der Waals surface area contributed by atoms with E-state index in [1.54, 1.807) is 12.1 Å². The molecule has 1 aliphatic rings. The molecule has 1 saturated heterocycles. The van der Waals surface area contributed by atoms with E-state index in [9.17, 15) is 8.42 Å². The molecule has 1 fully saturated rings. The molecule has 0 bridgehead atoms. The maximum atomic E-state index is 11.9. The minimum absolute atomic E-state index is 0.155. The number of nitrogens with zero attached hydrogens (tertiary/aromatic N) is 3. The zero-order valence-corrected chi connectivity index (χ0v) is 16.3. The van der Waals surface area contributed by atoms with E-state index in [2.05, 4.69) is 28.9 Å². The van der Waals surface area contributed by atoms with E-state index in [0.29, 0.717) is 35.1 Å². The molecule has 0 aliphatic carbocycles. The Morgan fingerprint density at radius 1 is 1.12 bits per heavy atom. The van der Waals surface area contributed by atoms with Crippen molar-refractivity contribution in [2.75, 3.05) is 18.0 Å². The van der Waals surface area contributed by atoms with Gasteiger partial charge in [-0.05, 0) is 48.4 Å². The number of aryl methyl sites for hydroxylation is 1. The molecule has 0 unspecified atom stereocenters. The summed E-state index contributed by atoms with van der Waals surface area (Å²) in [6.45, 7) is 8.39. The summed E-state index contributed by atoms with van der Waals surface area (Å²) >= 11 is 0. The van der Waals surface area contributed by atoms with E-state index in [1.165, 1.54) is 6.42 Å². The predicted molar refractivity (Wildman–Crippen MR) is 103 cm³/mol. The minimum Gasteiger partial charge on any atom is -0.355 e. The number of benzene rings is 1. The number of anilines is 1. The average molecular weight is 375 g/mol. The third-order valence-electron chi connectivity index (χ3n) is 4.89. The van der Waals surface area contributed by atoms with Gasteiger partial charge in [0.15, 0.2) is 5.82 Å². The largest absolute Gasteiger partial charge is 0.355 e. The predicted octanol–water partition coefficient (Wildman–Crippen LogP) is 2.84. The fourth-order valence-electron chi connectivity index (χ4n) is 3.77. The Morgan fingerprint density at radius 3 is 2.35 bits per heavy atom. The van der Waals surface area contributed by atoms with Gasteiger partial charge in [-0.15, -0.1) is 10.2 Å². The van der Waals surface area contributed by atoms with E-state index in [4.69, 9.17) is 5.14 Å². The van der Waals surface area contributed by atoms with Gasteiger partial charge in [-0.25, -0.2) is 13.6 Å². The van der Waals surface area contributed by atoms with Gasteiger partial charge in [0.05, 0.1) is 10.6 Å². The lowest BCUT2D eigenvalue weighted by Crippen LogP contribution is -2.39. The fraction of sp³-hybridized carbons (Fsp3) is 0.474. The van der Waals surface area contributed by atoms with Crippen LogP contribution in [0.3, 0.4) is 0 Å². The first-order chi connectivity index (χ1) is 12.3. The van der Waals surface area contributed by atoms with Crippen LogP contribution < -0.4 is 10.0 Å². The summed E-state index contributed by atoms with van der Waals surface area (Å²) in [6.07, 6.45) is 1.84. The van der Waals surface area contributed by atoms with Crippen LogP contribution in [0.4, 0.5) is 5.82 Å². The summed E-state index contributed by atoms with van der Waals surface area (Å²) in [6, 6.07) is 9.08. The van der Waals surface area contributed by atoms with E-state index in [1.807, 2.05) is 25.1 Å². The Labute approximate surface area is 155 Å². The van der Waals surface area contributed by atoms with Crippen LogP contribution in [0.25, 0.3) is 11.3 Å². The number of rotatable bonds is 4. The van der Waals surface area contributed by atoms with Crippen LogP contribution in [0.1, 0.15) is 32.8 Å². The SMILES string of the molecule is CCc1ccc(-c2ccc(N3C[C@@H](C)C[C@H](C)C3)nn2)cc1S(N)(=O)=O. The lowest BCUT2D eigenvalue weighted by Gasteiger charge is -2.35. The van der Waals surface area contributed by atoms with E-state index in [0.717, 1.165) is 18.9 Å². The van der Waals surface area contributed by atoms with Gasteiger partial charge < -0.3 is 4.90 Å². The molecule has 1 aromatic carbocycles. The molecular weight excluding hydrogens is 348 g/mol. The Morgan fingerprint density at radius 2 is 1.81 bits per heavy atom. The zero-order valence-electron chi connectivity index (χ0n) is 15.5. The summed E-state index contributed by atoms with van der Waals surface area (Å²) < 4.78 is 23.7. The smallest absolute Gasteiger partial charge is 0.238 e. The van der Waals surface area contributed by atoms with Crippen molar-refractivity contribution in [3.05, 3.63) is 35.9 Å². The molecule has 3 rings (SSSR count). The van der Waals surface area contributed by atoms with Gasteiger partial charge in [0.2, 0.25) is 10.0 Å². The molecule has 2 aromatic rings. The number of hydrogen-bond acceptors (Lipinski definition) is 5. The van der Waals surface area contributed by atoms with Crippen molar-refractivity contribution in [3.8, 4) is 11.3 Å². The van der Waals surface area contributed by atoms with E-state index < -0.39 is 10.0 Å². The number of piperidine rings is 1. The molecule has 0 spiro atoms. The van der Waals surface area contributed by atoms with Crippen molar-refractivity contribution in [1.29, 1.82) is 0 Å². The molecule has 0 amide bonds. The zero-order chi connectivity index (χ0) is 18.9. The first-order valence-electron chi connectivity index (χ1n) is 9.02. The first-order valence-corrected chi connectivity index (χ1v) is 10.6. The topological polar surface area (TPSA) is 89.2 Å². The molecule has 2 heterocycles. The minimum atomic E-state index is -3.77. The Kier molecular flexibility index (Phi) is 5.29. The van der Waals surface area contributed by atoms with Crippen molar-refractivity contribution >= 4 is 15.8 Å². The number of sulfonamides is 1. The van der Waals surface area contributed by atoms with Gasteiger partial charge >= 0.3 is 0 Å². The Bertz CT molecular complexity index is 871. The standard InChI is InChI=1S/C19H26N4O2S/c1-4-15-5-6-16(10-18(15)26(20,24)25)17-7-8-19(22-21-17)23-11-13(2)9-14(3)12-23/h5-8,10,13-14H,4,9,11-12H2,1-3H3,(H2,20,24,25)/t13-,14-/m0/s1. The van der Waals surface area contributed by atoms with Crippen LogP contribution in [-0.2, 0) is 16.4 Å². The summed E-state index contributed by atoms with van der Waals surface area (Å²) in [5.74, 6) is 2.14. The van der Waals surface area contributed by atoms with Crippen LogP contribution in [0.5, 0.6) is 0 Å². The fourth-order valence-corrected chi connectivity index (χ4v) is 4.64. The van der Waals surface area contributed by atoms with Crippen LogP contribution in [0.2, 0.25) is 0 Å². The number of primary sulfonamides is 1. The van der Waals surface area contributed by atoms with Gasteiger partial charge in [0.25, 0.3) is 0 Å². The molecule has 0 radical (unpaired) electrons. The molecule has 0 saturated carbocycles. The maximum absolute atomic E-state index is 11.9. The number of hydrogen-bond donors (Lipinski definition) is 1. The number of nitrogens with two attached hydrogens (primary N) is 1. The summed E-state index contributed by atoms with van der Waals surface area (Å²) in [4.78, 5) is 2.42. The first kappa shape index (κ1) is 18.8. The van der Waals surface area contributed by atoms with Crippen LogP contribution in [0.15, 0.2) is 35.2 Å².